The zero-order valence-corrected chi connectivity index (χ0v) is 16.0. The fraction of sp³-hybridized carbons (Fsp3) is 0.364. The van der Waals surface area contributed by atoms with Gasteiger partial charge in [0.15, 0.2) is 0 Å². The molecule has 0 unspecified atom stereocenters. The van der Waals surface area contributed by atoms with Crippen molar-refractivity contribution in [2.24, 2.45) is 0 Å². The molecule has 0 aromatic heterocycles. The summed E-state index contributed by atoms with van der Waals surface area (Å²) in [7, 11) is 0. The van der Waals surface area contributed by atoms with Crippen LogP contribution in [0.25, 0.3) is 11.1 Å². The number of ether oxygens (including phenoxy) is 1. The van der Waals surface area contributed by atoms with Gasteiger partial charge in [0.25, 0.3) is 0 Å². The van der Waals surface area contributed by atoms with Gasteiger partial charge < -0.3 is 4.74 Å². The Kier molecular flexibility index (Phi) is 6.30. The zero-order chi connectivity index (χ0) is 19.4. The Morgan fingerprint density at radius 2 is 1.73 bits per heavy atom. The van der Waals surface area contributed by atoms with Crippen molar-refractivity contribution in [3.05, 3.63) is 57.9 Å². The summed E-state index contributed by atoms with van der Waals surface area (Å²) in [5, 5.41) is 0. The van der Waals surface area contributed by atoms with E-state index in [-0.39, 0.29) is 24.1 Å². The standard InChI is InChI=1S/C22H25FO3/c1-6-26-20(25)10-13(2)19-11-18(9-16(5)22(19)23)21-14(3)7-17(12-24)8-15(21)4/h7-9,11-13H,6,10H2,1-5H3/t13-/m0/s1. The van der Waals surface area contributed by atoms with Crippen molar-refractivity contribution in [3.63, 3.8) is 0 Å². The van der Waals surface area contributed by atoms with Gasteiger partial charge in [-0.2, -0.15) is 0 Å². The highest BCUT2D eigenvalue weighted by atomic mass is 19.1. The van der Waals surface area contributed by atoms with Crippen LogP contribution in [0.2, 0.25) is 0 Å². The summed E-state index contributed by atoms with van der Waals surface area (Å²) < 4.78 is 19.7. The molecule has 0 amide bonds. The Labute approximate surface area is 154 Å². The van der Waals surface area contributed by atoms with Crippen LogP contribution in [0.4, 0.5) is 4.39 Å². The maximum Gasteiger partial charge on any atom is 0.306 e. The molecule has 138 valence electrons. The van der Waals surface area contributed by atoms with Crippen LogP contribution in [0.1, 0.15) is 58.8 Å². The molecule has 2 aromatic rings. The van der Waals surface area contributed by atoms with Crippen LogP contribution in [0.5, 0.6) is 0 Å². The Morgan fingerprint density at radius 3 is 2.27 bits per heavy atom. The first-order valence-corrected chi connectivity index (χ1v) is 8.80. The monoisotopic (exact) mass is 356 g/mol. The van der Waals surface area contributed by atoms with E-state index in [9.17, 15) is 14.0 Å². The van der Waals surface area contributed by atoms with Gasteiger partial charge >= 0.3 is 5.97 Å². The molecule has 0 aliphatic heterocycles. The maximum absolute atomic E-state index is 14.7. The molecule has 0 radical (unpaired) electrons. The highest BCUT2D eigenvalue weighted by molar-refractivity contribution is 5.81. The molecule has 1 atom stereocenters. The highest BCUT2D eigenvalue weighted by Gasteiger charge is 2.19. The number of hydrogen-bond acceptors (Lipinski definition) is 3. The van der Waals surface area contributed by atoms with Gasteiger partial charge in [0.1, 0.15) is 12.1 Å². The van der Waals surface area contributed by atoms with E-state index in [1.165, 1.54) is 0 Å². The van der Waals surface area contributed by atoms with E-state index < -0.39 is 0 Å². The molecule has 0 saturated carbocycles. The number of hydrogen-bond donors (Lipinski definition) is 0. The third-order valence-corrected chi connectivity index (χ3v) is 4.57. The van der Waals surface area contributed by atoms with Crippen molar-refractivity contribution < 1.29 is 18.7 Å². The molecule has 2 rings (SSSR count). The summed E-state index contributed by atoms with van der Waals surface area (Å²) in [5.41, 5.74) is 5.46. The number of halogens is 1. The number of esters is 1. The van der Waals surface area contributed by atoms with Crippen molar-refractivity contribution >= 4 is 12.3 Å². The SMILES string of the molecule is CCOC(=O)C[C@H](C)c1cc(-c2c(C)cc(C=O)cc2C)cc(C)c1F. The average Bonchev–Trinajstić information content (AvgIpc) is 2.57. The van der Waals surface area contributed by atoms with Crippen molar-refractivity contribution in [2.45, 2.75) is 47.0 Å². The molecule has 0 aliphatic carbocycles. The first-order chi connectivity index (χ1) is 12.3. The molecular formula is C22H25FO3. The molecule has 0 aliphatic rings. The second kappa shape index (κ2) is 8.26. The minimum Gasteiger partial charge on any atom is -0.466 e. The number of aldehydes is 1. The number of rotatable bonds is 6. The van der Waals surface area contributed by atoms with E-state index in [1.807, 2.05) is 45.0 Å². The third kappa shape index (κ3) is 4.18. The minimum absolute atomic E-state index is 0.135. The van der Waals surface area contributed by atoms with Crippen LogP contribution in [-0.4, -0.2) is 18.9 Å². The van der Waals surface area contributed by atoms with Crippen LogP contribution in [-0.2, 0) is 9.53 Å². The minimum atomic E-state index is -0.329. The first-order valence-electron chi connectivity index (χ1n) is 8.80. The molecule has 0 fully saturated rings. The van der Waals surface area contributed by atoms with Gasteiger partial charge in [0, 0.05) is 5.56 Å². The largest absolute Gasteiger partial charge is 0.466 e. The van der Waals surface area contributed by atoms with Gasteiger partial charge in [-0.3, -0.25) is 9.59 Å². The third-order valence-electron chi connectivity index (χ3n) is 4.57. The van der Waals surface area contributed by atoms with E-state index in [2.05, 4.69) is 0 Å². The molecule has 0 spiro atoms. The second-order valence-electron chi connectivity index (χ2n) is 6.75. The van der Waals surface area contributed by atoms with Crippen molar-refractivity contribution in [1.82, 2.24) is 0 Å². The van der Waals surface area contributed by atoms with Gasteiger partial charge in [-0.05, 0) is 91.3 Å². The smallest absolute Gasteiger partial charge is 0.306 e. The number of benzene rings is 2. The van der Waals surface area contributed by atoms with Crippen LogP contribution < -0.4 is 0 Å². The fourth-order valence-corrected chi connectivity index (χ4v) is 3.40. The van der Waals surface area contributed by atoms with Crippen LogP contribution >= 0.6 is 0 Å². The van der Waals surface area contributed by atoms with E-state index in [0.29, 0.717) is 23.3 Å². The molecule has 3 nitrogen and oxygen atoms in total. The predicted molar refractivity (Wildman–Crippen MR) is 101 cm³/mol. The summed E-state index contributed by atoms with van der Waals surface area (Å²) in [6.07, 6.45) is 0.961. The lowest BCUT2D eigenvalue weighted by Crippen LogP contribution is -2.10. The molecule has 26 heavy (non-hydrogen) atoms. The Bertz CT molecular complexity index is 817. The van der Waals surface area contributed by atoms with Gasteiger partial charge in [-0.15, -0.1) is 0 Å². The predicted octanol–water partition coefficient (Wildman–Crippen LogP) is 5.29. The van der Waals surface area contributed by atoms with Gasteiger partial charge in [-0.25, -0.2) is 4.39 Å². The van der Waals surface area contributed by atoms with Crippen LogP contribution in [0.3, 0.4) is 0 Å². The summed E-state index contributed by atoms with van der Waals surface area (Å²) in [5.74, 6) is -0.905. The van der Waals surface area contributed by atoms with E-state index in [0.717, 1.165) is 28.5 Å². The van der Waals surface area contributed by atoms with Crippen molar-refractivity contribution in [2.75, 3.05) is 6.61 Å². The lowest BCUT2D eigenvalue weighted by Gasteiger charge is -2.18. The quantitative estimate of drug-likeness (QED) is 0.522. The van der Waals surface area contributed by atoms with Gasteiger partial charge in [-0.1, -0.05) is 6.92 Å². The summed E-state index contributed by atoms with van der Waals surface area (Å²) in [6, 6.07) is 7.28. The highest BCUT2D eigenvalue weighted by Crippen LogP contribution is 2.34. The van der Waals surface area contributed by atoms with Crippen LogP contribution in [0, 0.1) is 26.6 Å². The summed E-state index contributed by atoms with van der Waals surface area (Å²) in [6.45, 7) is 9.50. The molecule has 4 heteroatoms. The van der Waals surface area contributed by atoms with Gasteiger partial charge in [0.05, 0.1) is 13.0 Å². The van der Waals surface area contributed by atoms with Gasteiger partial charge in [0.2, 0.25) is 0 Å². The fourth-order valence-electron chi connectivity index (χ4n) is 3.40. The lowest BCUT2D eigenvalue weighted by molar-refractivity contribution is -0.143. The first kappa shape index (κ1) is 19.8. The van der Waals surface area contributed by atoms with E-state index >= 15 is 0 Å². The average molecular weight is 356 g/mol. The van der Waals surface area contributed by atoms with Crippen molar-refractivity contribution in [3.8, 4) is 11.1 Å². The van der Waals surface area contributed by atoms with E-state index in [1.54, 1.807) is 13.8 Å². The normalized spacial score (nSPS) is 11.9. The lowest BCUT2D eigenvalue weighted by atomic mass is 9.88. The molecule has 0 bridgehead atoms. The molecule has 0 heterocycles. The molecule has 0 saturated heterocycles. The molecular weight excluding hydrogens is 331 g/mol. The van der Waals surface area contributed by atoms with Crippen LogP contribution in [0.15, 0.2) is 24.3 Å². The summed E-state index contributed by atoms with van der Waals surface area (Å²) in [4.78, 5) is 22.8. The second-order valence-corrected chi connectivity index (χ2v) is 6.75. The topological polar surface area (TPSA) is 43.4 Å². The number of carbonyl (C=O) groups excluding carboxylic acids is 2. The Balaban J connectivity index is 2.52. The zero-order valence-electron chi connectivity index (χ0n) is 16.0. The number of aryl methyl sites for hydroxylation is 3. The Hall–Kier alpha value is -2.49. The summed E-state index contributed by atoms with van der Waals surface area (Å²) >= 11 is 0. The van der Waals surface area contributed by atoms with Crippen molar-refractivity contribution in [1.29, 1.82) is 0 Å². The maximum atomic E-state index is 14.7. The Morgan fingerprint density at radius 1 is 1.12 bits per heavy atom. The molecule has 0 N–H and O–H groups in total. The number of carbonyl (C=O) groups is 2. The molecule has 2 aromatic carbocycles. The van der Waals surface area contributed by atoms with E-state index in [4.69, 9.17) is 4.74 Å².